The monoisotopic (exact) mass is 288 g/mol. The molecule has 2 N–H and O–H groups in total. The molecule has 4 heteroatoms. The minimum atomic E-state index is -0.243. The van der Waals surface area contributed by atoms with Crippen molar-refractivity contribution in [2.75, 3.05) is 25.1 Å². The van der Waals surface area contributed by atoms with E-state index < -0.39 is 0 Å². The van der Waals surface area contributed by atoms with Gasteiger partial charge in [0.2, 0.25) is 0 Å². The Morgan fingerprint density at radius 2 is 1.81 bits per heavy atom. The van der Waals surface area contributed by atoms with Crippen molar-refractivity contribution >= 4 is 5.69 Å². The molecule has 2 aromatic rings. The predicted octanol–water partition coefficient (Wildman–Crippen LogP) is 3.36. The number of para-hydroxylation sites is 2. The zero-order valence-electron chi connectivity index (χ0n) is 12.4. The molecule has 112 valence electrons. The maximum absolute atomic E-state index is 14.1. The highest BCUT2D eigenvalue weighted by Gasteiger charge is 2.23. The van der Waals surface area contributed by atoms with E-state index in [1.165, 1.54) is 6.07 Å². The minimum absolute atomic E-state index is 0.136. The summed E-state index contributed by atoms with van der Waals surface area (Å²) >= 11 is 0. The van der Waals surface area contributed by atoms with E-state index in [0.717, 1.165) is 11.3 Å². The van der Waals surface area contributed by atoms with E-state index in [4.69, 9.17) is 10.5 Å². The molecular weight excluding hydrogens is 267 g/mol. The number of likely N-dealkylation sites (N-methyl/N-ethyl adjacent to an activating group) is 1. The standard InChI is InChI=1S/C17H21FN2O/c1-3-20(15-10-6-5-9-14(15)18)16(12-19)13-8-4-7-11-17(13)21-2/h4-11,16H,3,12,19H2,1-2H3. The Morgan fingerprint density at radius 3 is 2.43 bits per heavy atom. The maximum Gasteiger partial charge on any atom is 0.146 e. The molecule has 0 aromatic heterocycles. The average molecular weight is 288 g/mol. The lowest BCUT2D eigenvalue weighted by Gasteiger charge is -2.33. The van der Waals surface area contributed by atoms with Gasteiger partial charge < -0.3 is 15.4 Å². The number of hydrogen-bond donors (Lipinski definition) is 1. The number of rotatable bonds is 6. The third-order valence-corrected chi connectivity index (χ3v) is 3.60. The topological polar surface area (TPSA) is 38.5 Å². The molecule has 1 atom stereocenters. The van der Waals surface area contributed by atoms with Crippen molar-refractivity contribution in [3.05, 3.63) is 59.9 Å². The molecule has 0 fully saturated rings. The minimum Gasteiger partial charge on any atom is -0.496 e. The van der Waals surface area contributed by atoms with Gasteiger partial charge in [-0.1, -0.05) is 30.3 Å². The third kappa shape index (κ3) is 3.16. The van der Waals surface area contributed by atoms with Crippen LogP contribution in [0.1, 0.15) is 18.5 Å². The summed E-state index contributed by atoms with van der Waals surface area (Å²) in [6.07, 6.45) is 0. The SMILES string of the molecule is CCN(c1ccccc1F)C(CN)c1ccccc1OC. The molecule has 0 heterocycles. The van der Waals surface area contributed by atoms with E-state index in [1.54, 1.807) is 19.2 Å². The summed E-state index contributed by atoms with van der Waals surface area (Å²) in [5.74, 6) is 0.524. The predicted molar refractivity (Wildman–Crippen MR) is 84.2 cm³/mol. The van der Waals surface area contributed by atoms with Crippen molar-refractivity contribution in [1.82, 2.24) is 0 Å². The number of nitrogens with zero attached hydrogens (tertiary/aromatic N) is 1. The first-order chi connectivity index (χ1) is 10.2. The largest absolute Gasteiger partial charge is 0.496 e. The number of anilines is 1. The lowest BCUT2D eigenvalue weighted by Crippen LogP contribution is -2.34. The Hall–Kier alpha value is -2.07. The molecule has 2 aromatic carbocycles. The second kappa shape index (κ2) is 7.09. The third-order valence-electron chi connectivity index (χ3n) is 3.60. The zero-order chi connectivity index (χ0) is 15.2. The van der Waals surface area contributed by atoms with Crippen molar-refractivity contribution in [2.45, 2.75) is 13.0 Å². The van der Waals surface area contributed by atoms with Gasteiger partial charge in [-0.15, -0.1) is 0 Å². The van der Waals surface area contributed by atoms with E-state index in [0.29, 0.717) is 18.8 Å². The summed E-state index contributed by atoms with van der Waals surface area (Å²) in [5, 5.41) is 0. The van der Waals surface area contributed by atoms with Crippen LogP contribution in [0.3, 0.4) is 0 Å². The lowest BCUT2D eigenvalue weighted by atomic mass is 10.0. The molecule has 0 radical (unpaired) electrons. The van der Waals surface area contributed by atoms with Crippen LogP contribution in [0.15, 0.2) is 48.5 Å². The molecule has 2 rings (SSSR count). The van der Waals surface area contributed by atoms with Crippen molar-refractivity contribution < 1.29 is 9.13 Å². The molecule has 0 bridgehead atoms. The average Bonchev–Trinajstić information content (AvgIpc) is 2.53. The molecule has 0 saturated carbocycles. The Balaban J connectivity index is 2.45. The normalized spacial score (nSPS) is 12.0. The van der Waals surface area contributed by atoms with Gasteiger partial charge >= 0.3 is 0 Å². The zero-order valence-corrected chi connectivity index (χ0v) is 12.4. The van der Waals surface area contributed by atoms with Crippen molar-refractivity contribution in [3.63, 3.8) is 0 Å². The summed E-state index contributed by atoms with van der Waals surface area (Å²) in [6, 6.07) is 14.3. The lowest BCUT2D eigenvalue weighted by molar-refractivity contribution is 0.404. The number of ether oxygens (including phenoxy) is 1. The highest BCUT2D eigenvalue weighted by molar-refractivity contribution is 5.52. The summed E-state index contributed by atoms with van der Waals surface area (Å²) < 4.78 is 19.5. The summed E-state index contributed by atoms with van der Waals surface area (Å²) in [7, 11) is 1.63. The van der Waals surface area contributed by atoms with Gasteiger partial charge in [0.05, 0.1) is 18.8 Å². The molecule has 3 nitrogen and oxygen atoms in total. The molecule has 0 amide bonds. The first-order valence-electron chi connectivity index (χ1n) is 7.07. The van der Waals surface area contributed by atoms with Crippen LogP contribution in [0.5, 0.6) is 5.75 Å². The van der Waals surface area contributed by atoms with Gasteiger partial charge in [0.25, 0.3) is 0 Å². The van der Waals surface area contributed by atoms with E-state index in [9.17, 15) is 4.39 Å². The van der Waals surface area contributed by atoms with E-state index >= 15 is 0 Å². The van der Waals surface area contributed by atoms with Crippen LogP contribution in [-0.2, 0) is 0 Å². The van der Waals surface area contributed by atoms with Crippen LogP contribution in [0.2, 0.25) is 0 Å². The van der Waals surface area contributed by atoms with E-state index in [2.05, 4.69) is 0 Å². The number of benzene rings is 2. The maximum atomic E-state index is 14.1. The van der Waals surface area contributed by atoms with Gasteiger partial charge in [0, 0.05) is 18.7 Å². The van der Waals surface area contributed by atoms with Gasteiger partial charge in [-0.3, -0.25) is 0 Å². The molecule has 0 aliphatic rings. The van der Waals surface area contributed by atoms with Crippen LogP contribution in [0.25, 0.3) is 0 Å². The summed E-state index contributed by atoms with van der Waals surface area (Å²) in [4.78, 5) is 1.97. The Morgan fingerprint density at radius 1 is 1.14 bits per heavy atom. The van der Waals surface area contributed by atoms with Crippen LogP contribution in [0.4, 0.5) is 10.1 Å². The molecule has 21 heavy (non-hydrogen) atoms. The van der Waals surface area contributed by atoms with Crippen LogP contribution in [-0.4, -0.2) is 20.2 Å². The van der Waals surface area contributed by atoms with Gasteiger partial charge in [0.1, 0.15) is 11.6 Å². The Labute approximate surface area is 125 Å². The molecule has 0 spiro atoms. The van der Waals surface area contributed by atoms with Gasteiger partial charge in [-0.25, -0.2) is 4.39 Å². The van der Waals surface area contributed by atoms with Gasteiger partial charge in [-0.05, 0) is 25.1 Å². The van der Waals surface area contributed by atoms with E-state index in [-0.39, 0.29) is 11.9 Å². The first-order valence-corrected chi connectivity index (χ1v) is 7.07. The van der Waals surface area contributed by atoms with Crippen LogP contribution in [0, 0.1) is 5.82 Å². The highest BCUT2D eigenvalue weighted by atomic mass is 19.1. The number of halogens is 1. The summed E-state index contributed by atoms with van der Waals surface area (Å²) in [6.45, 7) is 3.02. The quantitative estimate of drug-likeness (QED) is 0.886. The molecule has 0 aliphatic carbocycles. The fourth-order valence-corrected chi connectivity index (χ4v) is 2.61. The molecule has 0 saturated heterocycles. The number of hydrogen-bond acceptors (Lipinski definition) is 3. The van der Waals surface area contributed by atoms with Gasteiger partial charge in [-0.2, -0.15) is 0 Å². The van der Waals surface area contributed by atoms with Crippen molar-refractivity contribution in [3.8, 4) is 5.75 Å². The smallest absolute Gasteiger partial charge is 0.146 e. The molecular formula is C17H21FN2O. The van der Waals surface area contributed by atoms with E-state index in [1.807, 2.05) is 42.2 Å². The second-order valence-electron chi connectivity index (χ2n) is 4.73. The Kier molecular flexibility index (Phi) is 5.17. The fourth-order valence-electron chi connectivity index (χ4n) is 2.61. The van der Waals surface area contributed by atoms with Crippen LogP contribution >= 0.6 is 0 Å². The highest BCUT2D eigenvalue weighted by Crippen LogP contribution is 2.33. The fraction of sp³-hybridized carbons (Fsp3) is 0.294. The van der Waals surface area contributed by atoms with Gasteiger partial charge in [0.15, 0.2) is 0 Å². The molecule has 1 unspecified atom stereocenters. The number of nitrogens with two attached hydrogens (primary N) is 1. The number of methoxy groups -OCH3 is 1. The van der Waals surface area contributed by atoms with Crippen molar-refractivity contribution in [2.24, 2.45) is 5.73 Å². The molecule has 0 aliphatic heterocycles. The van der Waals surface area contributed by atoms with Crippen LogP contribution < -0.4 is 15.4 Å². The Bertz CT molecular complexity index is 589. The summed E-state index contributed by atoms with van der Waals surface area (Å²) in [5.41, 5.74) is 7.49. The van der Waals surface area contributed by atoms with Crippen molar-refractivity contribution in [1.29, 1.82) is 0 Å². The first kappa shape index (κ1) is 15.3. The second-order valence-corrected chi connectivity index (χ2v) is 4.73.